The molecule has 11 heteroatoms. The zero-order chi connectivity index (χ0) is 28.2. The third-order valence-corrected chi connectivity index (χ3v) is 11.0. The van der Waals surface area contributed by atoms with Crippen LogP contribution in [-0.2, 0) is 52.3 Å². The van der Waals surface area contributed by atoms with Gasteiger partial charge in [-0.05, 0) is 23.6 Å². The van der Waals surface area contributed by atoms with Crippen LogP contribution in [0.4, 0.5) is 0 Å². The molecule has 1 amide bonds. The molecule has 2 fully saturated rings. The molecule has 0 spiro atoms. The van der Waals surface area contributed by atoms with Crippen molar-refractivity contribution >= 4 is 47.4 Å². The molecule has 2 saturated heterocycles. The molecule has 2 aliphatic heterocycles. The first-order valence-corrected chi connectivity index (χ1v) is 16.2. The molecule has 210 valence electrons. The number of thioether (sulfide) groups is 1. The average molecular weight is 646 g/mol. The number of amides is 1. The molecule has 3 aromatic rings. The highest BCUT2D eigenvalue weighted by Gasteiger charge is 2.63. The predicted octanol–water partition coefficient (Wildman–Crippen LogP) is 6.09. The first kappa shape index (κ1) is 29.0. The molecular weight excluding hydrogens is 617 g/mol. The van der Waals surface area contributed by atoms with E-state index in [-0.39, 0.29) is 36.9 Å². The van der Waals surface area contributed by atoms with E-state index in [0.717, 1.165) is 16.7 Å². The molecule has 2 aliphatic rings. The van der Waals surface area contributed by atoms with Gasteiger partial charge in [0.25, 0.3) is 0 Å². The Bertz CT molecular complexity index is 1320. The molecule has 4 atom stereocenters. The SMILES string of the molecule is C[C@@]1(OP(=O)(OCc2ccccc2)OCc2ccccc2)CS[C@@H]2[C@@H](Br)C(=O)N2[C@H]1C(=O)OCc1ccccc1. The van der Waals surface area contributed by atoms with Crippen molar-refractivity contribution in [2.45, 2.75) is 48.6 Å². The van der Waals surface area contributed by atoms with Crippen molar-refractivity contribution in [3.63, 3.8) is 0 Å². The summed E-state index contributed by atoms with van der Waals surface area (Å²) >= 11 is 4.84. The summed E-state index contributed by atoms with van der Waals surface area (Å²) in [6, 6.07) is 26.6. The minimum atomic E-state index is -4.27. The Morgan fingerprint density at radius 3 is 1.88 bits per heavy atom. The summed E-state index contributed by atoms with van der Waals surface area (Å²) in [4.78, 5) is 27.5. The molecule has 5 rings (SSSR count). The topological polar surface area (TPSA) is 91.4 Å². The van der Waals surface area contributed by atoms with Crippen LogP contribution in [-0.4, -0.2) is 44.4 Å². The number of rotatable bonds is 11. The van der Waals surface area contributed by atoms with Crippen LogP contribution < -0.4 is 0 Å². The van der Waals surface area contributed by atoms with Crippen molar-refractivity contribution in [2.75, 3.05) is 5.75 Å². The third kappa shape index (κ3) is 6.54. The number of hydrogen-bond acceptors (Lipinski definition) is 8. The molecule has 2 heterocycles. The molecule has 0 saturated carbocycles. The largest absolute Gasteiger partial charge is 0.476 e. The summed E-state index contributed by atoms with van der Waals surface area (Å²) in [5.41, 5.74) is 0.922. The highest BCUT2D eigenvalue weighted by Crippen LogP contribution is 2.58. The summed E-state index contributed by atoms with van der Waals surface area (Å²) in [6.07, 6.45) is 0. The number of carbonyl (C=O) groups excluding carboxylic acids is 2. The lowest BCUT2D eigenvalue weighted by Crippen LogP contribution is -2.74. The first-order chi connectivity index (χ1) is 19.3. The van der Waals surface area contributed by atoms with Gasteiger partial charge in [0.1, 0.15) is 22.4 Å². The summed E-state index contributed by atoms with van der Waals surface area (Å²) in [5.74, 6) is -0.664. The highest BCUT2D eigenvalue weighted by molar-refractivity contribution is 9.10. The number of fused-ring (bicyclic) bond motifs is 1. The molecular formula is C29H29BrNO7PS. The van der Waals surface area contributed by atoms with Crippen LogP contribution in [0.1, 0.15) is 23.6 Å². The van der Waals surface area contributed by atoms with Crippen LogP contribution in [0.2, 0.25) is 0 Å². The number of esters is 1. The number of β-lactam (4-membered cyclic amide) rings is 1. The Balaban J connectivity index is 1.40. The maximum Gasteiger partial charge on any atom is 0.476 e. The molecule has 0 aromatic heterocycles. The number of carbonyl (C=O) groups is 2. The monoisotopic (exact) mass is 645 g/mol. The van der Waals surface area contributed by atoms with E-state index in [9.17, 15) is 14.2 Å². The fourth-order valence-electron chi connectivity index (χ4n) is 4.56. The van der Waals surface area contributed by atoms with Crippen LogP contribution in [0.3, 0.4) is 0 Å². The van der Waals surface area contributed by atoms with Crippen LogP contribution >= 0.6 is 35.5 Å². The van der Waals surface area contributed by atoms with Crippen molar-refractivity contribution in [3.05, 3.63) is 108 Å². The quantitative estimate of drug-likeness (QED) is 0.107. The highest BCUT2D eigenvalue weighted by atomic mass is 79.9. The zero-order valence-electron chi connectivity index (χ0n) is 21.8. The van der Waals surface area contributed by atoms with Gasteiger partial charge in [-0.15, -0.1) is 11.8 Å². The van der Waals surface area contributed by atoms with E-state index in [1.165, 1.54) is 16.7 Å². The molecule has 0 unspecified atom stereocenters. The van der Waals surface area contributed by atoms with E-state index in [4.69, 9.17) is 18.3 Å². The number of phosphoric acid groups is 1. The average Bonchev–Trinajstić information content (AvgIpc) is 2.99. The number of benzene rings is 3. The number of alkyl halides is 1. The lowest BCUT2D eigenvalue weighted by Gasteiger charge is -2.56. The maximum atomic E-state index is 14.2. The van der Waals surface area contributed by atoms with Crippen molar-refractivity contribution in [1.82, 2.24) is 4.90 Å². The van der Waals surface area contributed by atoms with Gasteiger partial charge in [0.2, 0.25) is 5.91 Å². The van der Waals surface area contributed by atoms with Gasteiger partial charge < -0.3 is 9.64 Å². The molecule has 0 radical (unpaired) electrons. The number of halogens is 1. The minimum absolute atomic E-state index is 0.0243. The van der Waals surface area contributed by atoms with Gasteiger partial charge in [-0.1, -0.05) is 107 Å². The molecule has 8 nitrogen and oxygen atoms in total. The number of nitrogens with zero attached hydrogens (tertiary/aromatic N) is 1. The van der Waals surface area contributed by atoms with Crippen molar-refractivity contribution in [2.24, 2.45) is 0 Å². The maximum absolute atomic E-state index is 14.2. The molecule has 0 N–H and O–H groups in total. The van der Waals surface area contributed by atoms with E-state index < -0.39 is 30.3 Å². The van der Waals surface area contributed by atoms with E-state index in [1.807, 2.05) is 91.0 Å². The number of ether oxygens (including phenoxy) is 1. The summed E-state index contributed by atoms with van der Waals surface area (Å²) in [6.45, 7) is 1.60. The molecule has 40 heavy (non-hydrogen) atoms. The normalized spacial score (nSPS) is 24.2. The Kier molecular flexibility index (Phi) is 9.14. The zero-order valence-corrected chi connectivity index (χ0v) is 25.1. The fourth-order valence-corrected chi connectivity index (χ4v) is 8.46. The Hall–Kier alpha value is -2.46. The summed E-state index contributed by atoms with van der Waals surface area (Å²) in [7, 11) is -4.27. The summed E-state index contributed by atoms with van der Waals surface area (Å²) < 4.78 is 37.7. The van der Waals surface area contributed by atoms with Crippen LogP contribution in [0.25, 0.3) is 0 Å². The Morgan fingerprint density at radius 1 is 0.900 bits per heavy atom. The van der Waals surface area contributed by atoms with Crippen LogP contribution in [0, 0.1) is 0 Å². The van der Waals surface area contributed by atoms with Gasteiger partial charge in [0.15, 0.2) is 6.04 Å². The van der Waals surface area contributed by atoms with Crippen LogP contribution in [0.5, 0.6) is 0 Å². The van der Waals surface area contributed by atoms with Gasteiger partial charge in [0.05, 0.1) is 13.2 Å². The Morgan fingerprint density at radius 2 is 1.38 bits per heavy atom. The van der Waals surface area contributed by atoms with Crippen molar-refractivity contribution in [1.29, 1.82) is 0 Å². The standard InChI is InChI=1S/C29H29BrNO7PS/c1-29(38-39(34,36-18-22-13-7-3-8-14-22)37-19-23-15-9-4-10-16-23)20-40-27-24(30)26(32)31(27)25(29)28(33)35-17-21-11-5-2-6-12-21/h2-16,24-25,27H,17-20H2,1H3/t24-,25-,27+,29+/m0/s1. The fraction of sp³-hybridized carbons (Fsp3) is 0.310. The smallest absolute Gasteiger partial charge is 0.459 e. The van der Waals surface area contributed by atoms with Gasteiger partial charge in [-0.25, -0.2) is 9.36 Å². The lowest BCUT2D eigenvalue weighted by molar-refractivity contribution is -0.174. The van der Waals surface area contributed by atoms with Crippen LogP contribution in [0.15, 0.2) is 91.0 Å². The number of phosphoric ester groups is 1. The predicted molar refractivity (Wildman–Crippen MR) is 155 cm³/mol. The van der Waals surface area contributed by atoms with Gasteiger partial charge in [-0.3, -0.25) is 18.4 Å². The first-order valence-electron chi connectivity index (χ1n) is 12.7. The van der Waals surface area contributed by atoms with Crippen molar-refractivity contribution in [3.8, 4) is 0 Å². The summed E-state index contributed by atoms with van der Waals surface area (Å²) in [5, 5.41) is -0.284. The lowest BCUT2D eigenvalue weighted by atomic mass is 9.93. The van der Waals surface area contributed by atoms with Gasteiger partial charge in [-0.2, -0.15) is 0 Å². The van der Waals surface area contributed by atoms with Gasteiger partial charge >= 0.3 is 13.8 Å². The minimum Gasteiger partial charge on any atom is -0.459 e. The van der Waals surface area contributed by atoms with E-state index in [1.54, 1.807) is 6.92 Å². The van der Waals surface area contributed by atoms with E-state index in [0.29, 0.717) is 0 Å². The van der Waals surface area contributed by atoms with Crippen molar-refractivity contribution < 1.29 is 32.5 Å². The third-order valence-electron chi connectivity index (χ3n) is 6.64. The molecule has 3 aromatic carbocycles. The molecule has 0 bridgehead atoms. The second kappa shape index (κ2) is 12.6. The Labute approximate surface area is 246 Å². The number of hydrogen-bond donors (Lipinski definition) is 0. The van der Waals surface area contributed by atoms with E-state index in [2.05, 4.69) is 15.9 Å². The second-order valence-corrected chi connectivity index (χ2v) is 13.4. The second-order valence-electron chi connectivity index (χ2n) is 9.71. The van der Waals surface area contributed by atoms with Gasteiger partial charge in [0, 0.05) is 5.75 Å². The molecule has 0 aliphatic carbocycles. The van der Waals surface area contributed by atoms with E-state index >= 15 is 0 Å².